The number of nitrogens with one attached hydrogen (secondary N) is 1. The first-order valence-corrected chi connectivity index (χ1v) is 7.56. The Labute approximate surface area is 106 Å². The Morgan fingerprint density at radius 3 is 2.83 bits per heavy atom. The van der Waals surface area contributed by atoms with Gasteiger partial charge in [-0.2, -0.15) is 0 Å². The number of aliphatic imine (C=N–C) groups is 1. The molecule has 6 heteroatoms. The molecule has 0 bridgehead atoms. The average molecular weight is 265 g/mol. The summed E-state index contributed by atoms with van der Waals surface area (Å²) in [4.78, 5) is 6.50. The van der Waals surface area contributed by atoms with E-state index in [1.165, 1.54) is 0 Å². The topological polar surface area (TPSA) is 61.8 Å². The third-order valence-electron chi connectivity index (χ3n) is 3.22. The van der Waals surface area contributed by atoms with E-state index in [1.807, 2.05) is 11.0 Å². The Bertz CT molecular complexity index is 587. The van der Waals surface area contributed by atoms with Crippen LogP contribution in [0.5, 0.6) is 0 Å². The molecule has 5 nitrogen and oxygen atoms in total. The standard InChI is InChI=1S/C12H15N3O2S/c16-18(17)11-5-2-1-4-10(11)14-12(18)15-8-3-6-13-7-9-15/h1-2,4-5,13H,3,6-9H2. The number of para-hydroxylation sites is 1. The zero-order valence-electron chi connectivity index (χ0n) is 9.96. The fourth-order valence-electron chi connectivity index (χ4n) is 2.32. The Hall–Kier alpha value is -1.40. The van der Waals surface area contributed by atoms with Crippen molar-refractivity contribution < 1.29 is 8.42 Å². The van der Waals surface area contributed by atoms with Crippen molar-refractivity contribution in [3.05, 3.63) is 24.3 Å². The Morgan fingerprint density at radius 2 is 2.00 bits per heavy atom. The lowest BCUT2D eigenvalue weighted by Gasteiger charge is -2.20. The van der Waals surface area contributed by atoms with Gasteiger partial charge in [-0.25, -0.2) is 13.4 Å². The second-order valence-corrected chi connectivity index (χ2v) is 6.27. The quantitative estimate of drug-likeness (QED) is 0.752. The van der Waals surface area contributed by atoms with Gasteiger partial charge in [0.1, 0.15) is 4.90 Å². The maximum atomic E-state index is 12.4. The maximum Gasteiger partial charge on any atom is 0.241 e. The second-order valence-electron chi connectivity index (χ2n) is 4.46. The molecule has 1 N–H and O–H groups in total. The first-order valence-electron chi connectivity index (χ1n) is 6.08. The van der Waals surface area contributed by atoms with E-state index in [-0.39, 0.29) is 5.17 Å². The molecule has 0 aliphatic carbocycles. The van der Waals surface area contributed by atoms with Gasteiger partial charge in [0.2, 0.25) is 15.0 Å². The highest BCUT2D eigenvalue weighted by Crippen LogP contribution is 2.33. The molecular formula is C12H15N3O2S. The summed E-state index contributed by atoms with van der Waals surface area (Å²) in [6, 6.07) is 6.91. The monoisotopic (exact) mass is 265 g/mol. The maximum absolute atomic E-state index is 12.4. The van der Waals surface area contributed by atoms with Gasteiger partial charge in [0.25, 0.3) is 0 Å². The Morgan fingerprint density at radius 1 is 1.17 bits per heavy atom. The molecule has 0 atom stereocenters. The molecule has 3 rings (SSSR count). The van der Waals surface area contributed by atoms with Crippen LogP contribution in [0.2, 0.25) is 0 Å². The van der Waals surface area contributed by atoms with Crippen molar-refractivity contribution in [1.82, 2.24) is 10.2 Å². The van der Waals surface area contributed by atoms with Crippen molar-refractivity contribution in [3.8, 4) is 0 Å². The van der Waals surface area contributed by atoms with Gasteiger partial charge < -0.3 is 10.2 Å². The molecule has 0 saturated carbocycles. The predicted molar refractivity (Wildman–Crippen MR) is 69.8 cm³/mol. The number of benzene rings is 1. The number of amidine groups is 1. The third kappa shape index (κ3) is 1.81. The molecule has 0 aromatic heterocycles. The highest BCUT2D eigenvalue weighted by atomic mass is 32.2. The summed E-state index contributed by atoms with van der Waals surface area (Å²) in [7, 11) is -3.41. The van der Waals surface area contributed by atoms with Crippen LogP contribution in [-0.4, -0.2) is 44.7 Å². The molecule has 1 saturated heterocycles. The van der Waals surface area contributed by atoms with Gasteiger partial charge in [-0.05, 0) is 25.1 Å². The molecule has 18 heavy (non-hydrogen) atoms. The van der Waals surface area contributed by atoms with Crippen LogP contribution in [0.4, 0.5) is 5.69 Å². The molecule has 2 heterocycles. The van der Waals surface area contributed by atoms with Gasteiger partial charge in [0.15, 0.2) is 0 Å². The van der Waals surface area contributed by atoms with Crippen molar-refractivity contribution in [3.63, 3.8) is 0 Å². The molecule has 1 fully saturated rings. The first kappa shape index (κ1) is 11.7. The van der Waals surface area contributed by atoms with Crippen LogP contribution in [0.15, 0.2) is 34.2 Å². The van der Waals surface area contributed by atoms with Crippen LogP contribution in [0.25, 0.3) is 0 Å². The van der Waals surface area contributed by atoms with Crippen LogP contribution in [-0.2, 0) is 9.84 Å². The highest BCUT2D eigenvalue weighted by Gasteiger charge is 2.35. The van der Waals surface area contributed by atoms with Gasteiger partial charge in [0.05, 0.1) is 5.69 Å². The number of hydrogen-bond donors (Lipinski definition) is 1. The first-order chi connectivity index (χ1) is 8.69. The Kier molecular flexibility index (Phi) is 2.83. The van der Waals surface area contributed by atoms with Gasteiger partial charge in [-0.1, -0.05) is 12.1 Å². The van der Waals surface area contributed by atoms with Crippen LogP contribution in [0.1, 0.15) is 6.42 Å². The van der Waals surface area contributed by atoms with Gasteiger partial charge >= 0.3 is 0 Å². The molecular weight excluding hydrogens is 250 g/mol. The minimum atomic E-state index is -3.41. The van der Waals surface area contributed by atoms with E-state index < -0.39 is 9.84 Å². The minimum absolute atomic E-state index is 0.215. The number of nitrogens with zero attached hydrogens (tertiary/aromatic N) is 2. The highest BCUT2D eigenvalue weighted by molar-refractivity contribution is 8.06. The zero-order chi connectivity index (χ0) is 12.6. The van der Waals surface area contributed by atoms with Crippen LogP contribution in [0.3, 0.4) is 0 Å². The van der Waals surface area contributed by atoms with Crippen molar-refractivity contribution in [1.29, 1.82) is 0 Å². The van der Waals surface area contributed by atoms with Crippen molar-refractivity contribution in [2.24, 2.45) is 4.99 Å². The summed E-state index contributed by atoms with van der Waals surface area (Å²) in [6.45, 7) is 3.15. The third-order valence-corrected chi connectivity index (χ3v) is 4.98. The van der Waals surface area contributed by atoms with E-state index in [2.05, 4.69) is 10.3 Å². The lowest BCUT2D eigenvalue weighted by atomic mass is 10.3. The van der Waals surface area contributed by atoms with Crippen LogP contribution >= 0.6 is 0 Å². The van der Waals surface area contributed by atoms with Crippen LogP contribution in [0, 0.1) is 0 Å². The van der Waals surface area contributed by atoms with E-state index in [4.69, 9.17) is 0 Å². The van der Waals surface area contributed by atoms with E-state index >= 15 is 0 Å². The molecule has 2 aliphatic rings. The fourth-order valence-corrected chi connectivity index (χ4v) is 3.90. The second kappa shape index (κ2) is 4.37. The van der Waals surface area contributed by atoms with Crippen molar-refractivity contribution in [2.45, 2.75) is 11.3 Å². The van der Waals surface area contributed by atoms with E-state index in [9.17, 15) is 8.42 Å². The minimum Gasteiger partial charge on any atom is -0.345 e. The summed E-state index contributed by atoms with van der Waals surface area (Å²) in [5.41, 5.74) is 0.560. The lowest BCUT2D eigenvalue weighted by molar-refractivity contribution is 0.451. The molecule has 0 amide bonds. The van der Waals surface area contributed by atoms with Gasteiger partial charge in [-0.15, -0.1) is 0 Å². The van der Waals surface area contributed by atoms with Gasteiger partial charge in [-0.3, -0.25) is 0 Å². The smallest absolute Gasteiger partial charge is 0.241 e. The fraction of sp³-hybridized carbons (Fsp3) is 0.417. The zero-order valence-corrected chi connectivity index (χ0v) is 10.8. The summed E-state index contributed by atoms with van der Waals surface area (Å²) >= 11 is 0. The molecule has 1 aromatic carbocycles. The predicted octanol–water partition coefficient (Wildman–Crippen LogP) is 0.757. The number of rotatable bonds is 0. The van der Waals surface area contributed by atoms with E-state index in [0.29, 0.717) is 17.1 Å². The van der Waals surface area contributed by atoms with E-state index in [0.717, 1.165) is 26.1 Å². The largest absolute Gasteiger partial charge is 0.345 e. The molecule has 96 valence electrons. The summed E-state index contributed by atoms with van der Waals surface area (Å²) in [6.07, 6.45) is 0.935. The summed E-state index contributed by atoms with van der Waals surface area (Å²) in [5, 5.41) is 3.47. The molecule has 0 unspecified atom stereocenters. The van der Waals surface area contributed by atoms with E-state index in [1.54, 1.807) is 18.2 Å². The molecule has 0 spiro atoms. The number of sulfone groups is 1. The van der Waals surface area contributed by atoms with Crippen LogP contribution < -0.4 is 5.32 Å². The summed E-state index contributed by atoms with van der Waals surface area (Å²) in [5.74, 6) is 0. The van der Waals surface area contributed by atoms with Crippen molar-refractivity contribution in [2.75, 3.05) is 26.2 Å². The SMILES string of the molecule is O=S1(=O)C(N2CCCNCC2)=Nc2ccccc21. The van der Waals surface area contributed by atoms with Crippen molar-refractivity contribution >= 4 is 20.7 Å². The normalized spacial score (nSPS) is 22.2. The average Bonchev–Trinajstić information content (AvgIpc) is 2.58. The Balaban J connectivity index is 2.00. The molecule has 1 aromatic rings. The van der Waals surface area contributed by atoms with Gasteiger partial charge in [0, 0.05) is 19.6 Å². The summed E-state index contributed by atoms with van der Waals surface area (Å²) < 4.78 is 24.8. The molecule has 0 radical (unpaired) electrons. The number of fused-ring (bicyclic) bond motifs is 1. The lowest BCUT2D eigenvalue weighted by Crippen LogP contribution is -2.37. The molecule has 2 aliphatic heterocycles. The number of hydrogen-bond acceptors (Lipinski definition) is 5.